The van der Waals surface area contributed by atoms with Crippen molar-refractivity contribution in [1.29, 1.82) is 0 Å². The first-order valence-electron chi connectivity index (χ1n) is 5.26. The lowest BCUT2D eigenvalue weighted by molar-refractivity contribution is 0.472. The Bertz CT molecular complexity index is 614. The number of pyridine rings is 1. The van der Waals surface area contributed by atoms with Gasteiger partial charge >= 0.3 is 0 Å². The predicted octanol–water partition coefficient (Wildman–Crippen LogP) is 1.58. The van der Waals surface area contributed by atoms with Gasteiger partial charge in [-0.2, -0.15) is 0 Å². The van der Waals surface area contributed by atoms with Crippen LogP contribution in [0.5, 0.6) is 5.75 Å². The van der Waals surface area contributed by atoms with Crippen molar-refractivity contribution in [2.24, 2.45) is 0 Å². The van der Waals surface area contributed by atoms with E-state index in [-0.39, 0.29) is 11.3 Å². The van der Waals surface area contributed by atoms with E-state index in [2.05, 4.69) is 4.98 Å². The minimum Gasteiger partial charge on any atom is -0.504 e. The quantitative estimate of drug-likeness (QED) is 0.790. The summed E-state index contributed by atoms with van der Waals surface area (Å²) < 4.78 is 1.40. The van der Waals surface area contributed by atoms with Crippen LogP contribution in [0.1, 0.15) is 23.7 Å². The molecule has 0 aliphatic carbocycles. The van der Waals surface area contributed by atoms with Gasteiger partial charge in [-0.25, -0.2) is 4.98 Å². The third kappa shape index (κ3) is 1.38. The van der Waals surface area contributed by atoms with E-state index in [0.29, 0.717) is 23.3 Å². The van der Waals surface area contributed by atoms with E-state index in [4.69, 9.17) is 0 Å². The summed E-state index contributed by atoms with van der Waals surface area (Å²) in [6, 6.07) is 1.71. The lowest BCUT2D eigenvalue weighted by atomic mass is 10.2. The van der Waals surface area contributed by atoms with Crippen LogP contribution >= 0.6 is 0 Å². The molecule has 1 N–H and O–H groups in total. The molecule has 0 aliphatic heterocycles. The maximum absolute atomic E-state index is 12.1. The first-order chi connectivity index (χ1) is 7.56. The molecule has 2 aromatic rings. The predicted molar refractivity (Wildman–Crippen MR) is 62.0 cm³/mol. The summed E-state index contributed by atoms with van der Waals surface area (Å²) in [7, 11) is 0. The van der Waals surface area contributed by atoms with Gasteiger partial charge < -0.3 is 5.11 Å². The number of nitrogens with zero attached hydrogens (tertiary/aromatic N) is 2. The fourth-order valence-electron chi connectivity index (χ4n) is 1.83. The molecule has 4 heteroatoms. The summed E-state index contributed by atoms with van der Waals surface area (Å²) >= 11 is 0. The monoisotopic (exact) mass is 218 g/mol. The van der Waals surface area contributed by atoms with Crippen LogP contribution in [-0.4, -0.2) is 14.5 Å². The SMILES string of the molecule is CCc1c(C)nc2c(O)c(C)ccn2c1=O. The lowest BCUT2D eigenvalue weighted by Gasteiger charge is -2.08. The topological polar surface area (TPSA) is 54.6 Å². The van der Waals surface area contributed by atoms with Crippen molar-refractivity contribution in [3.63, 3.8) is 0 Å². The summed E-state index contributed by atoms with van der Waals surface area (Å²) in [5.74, 6) is 0.0744. The highest BCUT2D eigenvalue weighted by Crippen LogP contribution is 2.20. The second-order valence-corrected chi connectivity index (χ2v) is 3.88. The van der Waals surface area contributed by atoms with E-state index < -0.39 is 0 Å². The smallest absolute Gasteiger partial charge is 0.261 e. The van der Waals surface area contributed by atoms with Crippen molar-refractivity contribution in [2.75, 3.05) is 0 Å². The number of aromatic hydroxyl groups is 1. The summed E-state index contributed by atoms with van der Waals surface area (Å²) in [6.45, 7) is 5.50. The summed E-state index contributed by atoms with van der Waals surface area (Å²) in [4.78, 5) is 16.3. The van der Waals surface area contributed by atoms with Crippen molar-refractivity contribution < 1.29 is 5.11 Å². The number of fused-ring (bicyclic) bond motifs is 1. The Kier molecular flexibility index (Phi) is 2.42. The fraction of sp³-hybridized carbons (Fsp3) is 0.333. The minimum absolute atomic E-state index is 0.0744. The highest BCUT2D eigenvalue weighted by atomic mass is 16.3. The molecule has 84 valence electrons. The first-order valence-corrected chi connectivity index (χ1v) is 5.26. The fourth-order valence-corrected chi connectivity index (χ4v) is 1.83. The standard InChI is InChI=1S/C12H14N2O2/c1-4-9-8(3)13-11-10(15)7(2)5-6-14(11)12(9)16/h5-6,15H,4H2,1-3H3. The highest BCUT2D eigenvalue weighted by Gasteiger charge is 2.11. The molecule has 0 unspecified atom stereocenters. The van der Waals surface area contributed by atoms with E-state index >= 15 is 0 Å². The molecule has 0 aliphatic rings. The lowest BCUT2D eigenvalue weighted by Crippen LogP contribution is -2.21. The van der Waals surface area contributed by atoms with Crippen molar-refractivity contribution in [2.45, 2.75) is 27.2 Å². The van der Waals surface area contributed by atoms with Gasteiger partial charge in [0.05, 0.1) is 0 Å². The summed E-state index contributed by atoms with van der Waals surface area (Å²) in [5, 5.41) is 9.85. The summed E-state index contributed by atoms with van der Waals surface area (Å²) in [5.41, 5.74) is 2.34. The Morgan fingerprint density at radius 2 is 2.12 bits per heavy atom. The van der Waals surface area contributed by atoms with Crippen LogP contribution in [0.2, 0.25) is 0 Å². The number of hydrogen-bond donors (Lipinski definition) is 1. The molecular formula is C12H14N2O2. The zero-order chi connectivity index (χ0) is 11.9. The maximum atomic E-state index is 12.1. The molecule has 0 aromatic carbocycles. The molecular weight excluding hydrogens is 204 g/mol. The molecule has 2 rings (SSSR count). The molecule has 0 spiro atoms. The highest BCUT2D eigenvalue weighted by molar-refractivity contribution is 5.57. The van der Waals surface area contributed by atoms with Crippen LogP contribution in [0, 0.1) is 13.8 Å². The van der Waals surface area contributed by atoms with Gasteiger partial charge in [-0.3, -0.25) is 9.20 Å². The van der Waals surface area contributed by atoms with Crippen LogP contribution in [-0.2, 0) is 6.42 Å². The molecule has 2 aromatic heterocycles. The Hall–Kier alpha value is -1.84. The van der Waals surface area contributed by atoms with Crippen molar-refractivity contribution in [3.8, 4) is 5.75 Å². The molecule has 0 bridgehead atoms. The van der Waals surface area contributed by atoms with Crippen LogP contribution in [0.15, 0.2) is 17.1 Å². The third-order valence-corrected chi connectivity index (χ3v) is 2.83. The second kappa shape index (κ2) is 3.63. The van der Waals surface area contributed by atoms with Gasteiger partial charge in [0.25, 0.3) is 5.56 Å². The second-order valence-electron chi connectivity index (χ2n) is 3.88. The number of rotatable bonds is 1. The molecule has 0 atom stereocenters. The van der Waals surface area contributed by atoms with Crippen LogP contribution in [0.25, 0.3) is 5.65 Å². The Labute approximate surface area is 93.2 Å². The van der Waals surface area contributed by atoms with E-state index in [9.17, 15) is 9.90 Å². The van der Waals surface area contributed by atoms with Crippen molar-refractivity contribution in [1.82, 2.24) is 9.38 Å². The average molecular weight is 218 g/mol. The molecule has 0 radical (unpaired) electrons. The van der Waals surface area contributed by atoms with Gasteiger partial charge in [-0.05, 0) is 31.9 Å². The van der Waals surface area contributed by atoms with Crippen LogP contribution < -0.4 is 5.56 Å². The number of aromatic nitrogens is 2. The molecule has 0 amide bonds. The van der Waals surface area contributed by atoms with Gasteiger partial charge in [-0.15, -0.1) is 0 Å². The Morgan fingerprint density at radius 3 is 2.75 bits per heavy atom. The molecule has 0 fully saturated rings. The van der Waals surface area contributed by atoms with Crippen LogP contribution in [0.4, 0.5) is 0 Å². The third-order valence-electron chi connectivity index (χ3n) is 2.83. The van der Waals surface area contributed by atoms with Gasteiger partial charge in [0.1, 0.15) is 0 Å². The summed E-state index contributed by atoms with van der Waals surface area (Å²) in [6.07, 6.45) is 2.30. The Morgan fingerprint density at radius 1 is 1.44 bits per heavy atom. The van der Waals surface area contributed by atoms with Gasteiger partial charge in [0.15, 0.2) is 11.4 Å². The van der Waals surface area contributed by atoms with Crippen molar-refractivity contribution >= 4 is 5.65 Å². The Balaban J connectivity index is 2.99. The van der Waals surface area contributed by atoms with Gasteiger partial charge in [0, 0.05) is 17.5 Å². The number of aryl methyl sites for hydroxylation is 2. The van der Waals surface area contributed by atoms with E-state index in [1.54, 1.807) is 26.1 Å². The van der Waals surface area contributed by atoms with E-state index in [1.165, 1.54) is 4.40 Å². The molecule has 0 saturated heterocycles. The van der Waals surface area contributed by atoms with Gasteiger partial charge in [0.2, 0.25) is 0 Å². The van der Waals surface area contributed by atoms with Crippen molar-refractivity contribution in [3.05, 3.63) is 39.4 Å². The molecule has 2 heterocycles. The first kappa shape index (κ1) is 10.7. The molecule has 0 saturated carbocycles. The maximum Gasteiger partial charge on any atom is 0.261 e. The van der Waals surface area contributed by atoms with E-state index in [0.717, 1.165) is 5.56 Å². The van der Waals surface area contributed by atoms with Gasteiger partial charge in [-0.1, -0.05) is 6.92 Å². The zero-order valence-corrected chi connectivity index (χ0v) is 9.61. The van der Waals surface area contributed by atoms with Crippen LogP contribution in [0.3, 0.4) is 0 Å². The normalized spacial score (nSPS) is 10.9. The largest absolute Gasteiger partial charge is 0.504 e. The zero-order valence-electron chi connectivity index (χ0n) is 9.61. The van der Waals surface area contributed by atoms with E-state index in [1.807, 2.05) is 6.92 Å². The minimum atomic E-state index is -0.0969. The number of hydrogen-bond acceptors (Lipinski definition) is 3. The molecule has 16 heavy (non-hydrogen) atoms. The average Bonchev–Trinajstić information content (AvgIpc) is 2.25. The molecule has 4 nitrogen and oxygen atoms in total.